The van der Waals surface area contributed by atoms with Crippen molar-refractivity contribution in [1.82, 2.24) is 5.32 Å². The standard InChI is InChI=1S/C9H13NO/c1-8-3-4-9(2,10-8)6-7(11)5-8/h3-4,10H,5-6H2,1-2H3/t8-,9+. The van der Waals surface area contributed by atoms with Crippen molar-refractivity contribution >= 4 is 5.78 Å². The molecule has 2 aliphatic rings. The van der Waals surface area contributed by atoms with Crippen molar-refractivity contribution in [3.8, 4) is 0 Å². The molecule has 11 heavy (non-hydrogen) atoms. The Kier molecular flexibility index (Phi) is 1.12. The van der Waals surface area contributed by atoms with Gasteiger partial charge in [0.05, 0.1) is 0 Å². The number of ketones is 1. The van der Waals surface area contributed by atoms with Crippen LogP contribution in [-0.4, -0.2) is 16.9 Å². The van der Waals surface area contributed by atoms with E-state index in [1.54, 1.807) is 0 Å². The number of rotatable bonds is 0. The van der Waals surface area contributed by atoms with Crippen LogP contribution >= 0.6 is 0 Å². The lowest BCUT2D eigenvalue weighted by atomic mass is 9.87. The highest BCUT2D eigenvalue weighted by Crippen LogP contribution is 2.34. The summed E-state index contributed by atoms with van der Waals surface area (Å²) >= 11 is 0. The number of piperidine rings is 1. The SMILES string of the molecule is C[C@]12C=C[C@](C)(CC(=O)C1)N2. The summed E-state index contributed by atoms with van der Waals surface area (Å²) in [4.78, 5) is 11.3. The summed E-state index contributed by atoms with van der Waals surface area (Å²) in [7, 11) is 0. The molecule has 2 heteroatoms. The van der Waals surface area contributed by atoms with Gasteiger partial charge in [-0.05, 0) is 13.8 Å². The molecule has 0 unspecified atom stereocenters. The van der Waals surface area contributed by atoms with Gasteiger partial charge in [-0.15, -0.1) is 0 Å². The third-order valence-corrected chi connectivity index (χ3v) is 2.52. The zero-order chi connectivity index (χ0) is 8.11. The van der Waals surface area contributed by atoms with Crippen molar-refractivity contribution in [3.05, 3.63) is 12.2 Å². The Hall–Kier alpha value is -0.630. The van der Waals surface area contributed by atoms with Gasteiger partial charge in [0.15, 0.2) is 0 Å². The molecule has 2 nitrogen and oxygen atoms in total. The Labute approximate surface area is 66.7 Å². The Morgan fingerprint density at radius 1 is 1.27 bits per heavy atom. The minimum absolute atomic E-state index is 0.0515. The number of carbonyl (C=O) groups is 1. The normalized spacial score (nSPS) is 48.4. The first-order valence-electron chi connectivity index (χ1n) is 4.03. The first-order valence-corrected chi connectivity index (χ1v) is 4.03. The molecule has 1 N–H and O–H groups in total. The fourth-order valence-corrected chi connectivity index (χ4v) is 2.19. The van der Waals surface area contributed by atoms with Crippen LogP contribution < -0.4 is 5.32 Å². The molecule has 0 radical (unpaired) electrons. The van der Waals surface area contributed by atoms with E-state index < -0.39 is 0 Å². The van der Waals surface area contributed by atoms with Crippen molar-refractivity contribution in [2.75, 3.05) is 0 Å². The number of fused-ring (bicyclic) bond motifs is 2. The quantitative estimate of drug-likeness (QED) is 0.524. The van der Waals surface area contributed by atoms with Crippen LogP contribution in [0.2, 0.25) is 0 Å². The minimum atomic E-state index is -0.0515. The van der Waals surface area contributed by atoms with Gasteiger partial charge in [-0.25, -0.2) is 0 Å². The van der Waals surface area contributed by atoms with E-state index in [4.69, 9.17) is 0 Å². The number of carbonyl (C=O) groups excluding carboxylic acids is 1. The molecule has 2 aliphatic heterocycles. The van der Waals surface area contributed by atoms with Gasteiger partial charge in [-0.3, -0.25) is 10.1 Å². The molecular weight excluding hydrogens is 138 g/mol. The van der Waals surface area contributed by atoms with Gasteiger partial charge in [-0.1, -0.05) is 12.2 Å². The van der Waals surface area contributed by atoms with Gasteiger partial charge in [0.2, 0.25) is 0 Å². The summed E-state index contributed by atoms with van der Waals surface area (Å²) in [5, 5.41) is 3.44. The molecular formula is C9H13NO. The van der Waals surface area contributed by atoms with Crippen molar-refractivity contribution in [3.63, 3.8) is 0 Å². The highest BCUT2D eigenvalue weighted by atomic mass is 16.1. The van der Waals surface area contributed by atoms with Gasteiger partial charge in [0.25, 0.3) is 0 Å². The second-order valence-corrected chi connectivity index (χ2v) is 4.19. The van der Waals surface area contributed by atoms with E-state index in [1.165, 1.54) is 0 Å². The fourth-order valence-electron chi connectivity index (χ4n) is 2.19. The van der Waals surface area contributed by atoms with E-state index in [2.05, 4.69) is 31.3 Å². The van der Waals surface area contributed by atoms with Crippen LogP contribution in [0.3, 0.4) is 0 Å². The molecule has 0 amide bonds. The van der Waals surface area contributed by atoms with Gasteiger partial charge in [0.1, 0.15) is 5.78 Å². The maximum atomic E-state index is 11.3. The Morgan fingerprint density at radius 3 is 2.18 bits per heavy atom. The van der Waals surface area contributed by atoms with Crippen LogP contribution in [0.5, 0.6) is 0 Å². The number of Topliss-reactive ketones (excluding diaryl/α,β-unsaturated/α-hetero) is 1. The van der Waals surface area contributed by atoms with Gasteiger partial charge in [-0.2, -0.15) is 0 Å². The molecule has 0 saturated carbocycles. The van der Waals surface area contributed by atoms with Gasteiger partial charge in [0, 0.05) is 23.9 Å². The molecule has 2 heterocycles. The highest BCUT2D eigenvalue weighted by molar-refractivity contribution is 5.83. The molecule has 2 rings (SSSR count). The first-order chi connectivity index (χ1) is 5.02. The van der Waals surface area contributed by atoms with Crippen LogP contribution in [0.25, 0.3) is 0 Å². The van der Waals surface area contributed by atoms with Gasteiger partial charge < -0.3 is 0 Å². The van der Waals surface area contributed by atoms with Crippen molar-refractivity contribution < 1.29 is 4.79 Å². The molecule has 0 aromatic rings. The summed E-state index contributed by atoms with van der Waals surface area (Å²) in [5.74, 6) is 0.374. The van der Waals surface area contributed by atoms with Crippen molar-refractivity contribution in [1.29, 1.82) is 0 Å². The van der Waals surface area contributed by atoms with Crippen molar-refractivity contribution in [2.45, 2.75) is 37.8 Å². The molecule has 60 valence electrons. The molecule has 1 saturated heterocycles. The molecule has 1 fully saturated rings. The van der Waals surface area contributed by atoms with Crippen LogP contribution in [0, 0.1) is 0 Å². The monoisotopic (exact) mass is 151 g/mol. The molecule has 2 atom stereocenters. The van der Waals surface area contributed by atoms with E-state index in [0.29, 0.717) is 18.6 Å². The topological polar surface area (TPSA) is 29.1 Å². The van der Waals surface area contributed by atoms with E-state index in [1.807, 2.05) is 0 Å². The zero-order valence-electron chi connectivity index (χ0n) is 6.98. The molecule has 0 aliphatic carbocycles. The zero-order valence-corrected chi connectivity index (χ0v) is 6.98. The van der Waals surface area contributed by atoms with Crippen LogP contribution in [0.4, 0.5) is 0 Å². The predicted octanol–water partition coefficient (Wildman–Crippen LogP) is 1.03. The summed E-state index contributed by atoms with van der Waals surface area (Å²) in [6.07, 6.45) is 5.55. The lowest BCUT2D eigenvalue weighted by molar-refractivity contribution is -0.122. The Bertz CT molecular complexity index is 224. The second kappa shape index (κ2) is 1.75. The van der Waals surface area contributed by atoms with Gasteiger partial charge >= 0.3 is 0 Å². The minimum Gasteiger partial charge on any atom is -0.300 e. The largest absolute Gasteiger partial charge is 0.300 e. The maximum absolute atomic E-state index is 11.3. The van der Waals surface area contributed by atoms with Crippen LogP contribution in [0.1, 0.15) is 26.7 Å². The van der Waals surface area contributed by atoms with E-state index in [0.717, 1.165) is 0 Å². The highest BCUT2D eigenvalue weighted by Gasteiger charge is 2.43. The van der Waals surface area contributed by atoms with Crippen LogP contribution in [0.15, 0.2) is 12.2 Å². The van der Waals surface area contributed by atoms with E-state index >= 15 is 0 Å². The van der Waals surface area contributed by atoms with Crippen LogP contribution in [-0.2, 0) is 4.79 Å². The van der Waals surface area contributed by atoms with Crippen molar-refractivity contribution in [2.24, 2.45) is 0 Å². The Morgan fingerprint density at radius 2 is 1.73 bits per heavy atom. The molecule has 2 bridgehead atoms. The lowest BCUT2D eigenvalue weighted by Crippen LogP contribution is -2.54. The third-order valence-electron chi connectivity index (χ3n) is 2.52. The third kappa shape index (κ3) is 1.02. The number of hydrogen-bond donors (Lipinski definition) is 1. The second-order valence-electron chi connectivity index (χ2n) is 4.19. The molecule has 0 spiro atoms. The summed E-state index contributed by atoms with van der Waals surface area (Å²) in [5.41, 5.74) is -0.103. The van der Waals surface area contributed by atoms with E-state index in [-0.39, 0.29) is 11.1 Å². The van der Waals surface area contributed by atoms with E-state index in [9.17, 15) is 4.79 Å². The smallest absolute Gasteiger partial charge is 0.137 e. The Balaban J connectivity index is 2.35. The fraction of sp³-hybridized carbons (Fsp3) is 0.667. The molecule has 0 aromatic carbocycles. The summed E-state index contributed by atoms with van der Waals surface area (Å²) < 4.78 is 0. The average molecular weight is 151 g/mol. The molecule has 0 aromatic heterocycles. The summed E-state index contributed by atoms with van der Waals surface area (Å²) in [6, 6.07) is 0. The predicted molar refractivity (Wildman–Crippen MR) is 43.3 cm³/mol. The maximum Gasteiger partial charge on any atom is 0.137 e. The summed E-state index contributed by atoms with van der Waals surface area (Å²) in [6.45, 7) is 4.15. The first kappa shape index (κ1) is 7.04. The number of nitrogens with one attached hydrogen (secondary N) is 1. The number of hydrogen-bond acceptors (Lipinski definition) is 2. The average Bonchev–Trinajstić information content (AvgIpc) is 2.01. The lowest BCUT2D eigenvalue weighted by Gasteiger charge is -2.36.